The van der Waals surface area contributed by atoms with Crippen LogP contribution in [0, 0.1) is 5.92 Å². The zero-order chi connectivity index (χ0) is 15.9. The Labute approximate surface area is 131 Å². The number of carboxylic acids is 1. The van der Waals surface area contributed by atoms with Gasteiger partial charge >= 0.3 is 5.97 Å². The van der Waals surface area contributed by atoms with Gasteiger partial charge in [0.25, 0.3) is 5.91 Å². The third-order valence-corrected chi connectivity index (χ3v) is 4.21. The van der Waals surface area contributed by atoms with Crippen LogP contribution in [0.15, 0.2) is 18.3 Å². The van der Waals surface area contributed by atoms with Crippen molar-refractivity contribution in [3.8, 4) is 0 Å². The van der Waals surface area contributed by atoms with Gasteiger partial charge in [-0.05, 0) is 37.3 Å². The fraction of sp³-hybridized carbons (Fsp3) is 0.588. The van der Waals surface area contributed by atoms with Crippen LogP contribution < -0.4 is 0 Å². The highest BCUT2D eigenvalue weighted by Gasteiger charge is 2.22. The fourth-order valence-corrected chi connectivity index (χ4v) is 3.09. The summed E-state index contributed by atoms with van der Waals surface area (Å²) in [4.78, 5) is 29.3. The van der Waals surface area contributed by atoms with E-state index in [0.717, 1.165) is 13.0 Å². The maximum absolute atomic E-state index is 12.7. The van der Waals surface area contributed by atoms with Gasteiger partial charge in [0, 0.05) is 24.8 Å². The largest absolute Gasteiger partial charge is 0.477 e. The second-order valence-corrected chi connectivity index (χ2v) is 5.99. The standard InChI is InChI=1S/C17H24N2O3/c1-2-10-19(12-13-6-4-3-5-7-13)16(20)14-8-9-18-15(11-14)17(21)22/h8-9,11,13H,2-7,10,12H2,1H3,(H,21,22). The maximum atomic E-state index is 12.7. The van der Waals surface area contributed by atoms with E-state index in [4.69, 9.17) is 5.11 Å². The molecule has 1 fully saturated rings. The van der Waals surface area contributed by atoms with Gasteiger partial charge in [0.15, 0.2) is 0 Å². The van der Waals surface area contributed by atoms with Crippen LogP contribution in [0.2, 0.25) is 0 Å². The highest BCUT2D eigenvalue weighted by atomic mass is 16.4. The second-order valence-electron chi connectivity index (χ2n) is 5.99. The quantitative estimate of drug-likeness (QED) is 0.876. The number of carbonyl (C=O) groups is 2. The lowest BCUT2D eigenvalue weighted by Crippen LogP contribution is -2.36. The Bertz CT molecular complexity index is 524. The summed E-state index contributed by atoms with van der Waals surface area (Å²) in [6.07, 6.45) is 8.45. The molecule has 0 aliphatic heterocycles. The predicted molar refractivity (Wildman–Crippen MR) is 84.0 cm³/mol. The number of amides is 1. The van der Waals surface area contributed by atoms with Crippen molar-refractivity contribution in [1.82, 2.24) is 9.88 Å². The summed E-state index contributed by atoms with van der Waals surface area (Å²) in [5.74, 6) is -0.619. The first-order valence-corrected chi connectivity index (χ1v) is 8.10. The first-order chi connectivity index (χ1) is 10.6. The molecule has 0 unspecified atom stereocenters. The van der Waals surface area contributed by atoms with Crippen LogP contribution >= 0.6 is 0 Å². The summed E-state index contributed by atoms with van der Waals surface area (Å²) < 4.78 is 0. The number of aromatic carboxylic acids is 1. The van der Waals surface area contributed by atoms with Crippen molar-refractivity contribution in [3.05, 3.63) is 29.6 Å². The van der Waals surface area contributed by atoms with Crippen LogP contribution in [-0.4, -0.2) is 40.0 Å². The van der Waals surface area contributed by atoms with Crippen molar-refractivity contribution >= 4 is 11.9 Å². The van der Waals surface area contributed by atoms with E-state index < -0.39 is 5.97 Å². The minimum atomic E-state index is -1.11. The molecule has 1 heterocycles. The Morgan fingerprint density at radius 2 is 2.05 bits per heavy atom. The minimum absolute atomic E-state index is 0.0834. The molecule has 5 heteroatoms. The van der Waals surface area contributed by atoms with E-state index in [2.05, 4.69) is 11.9 Å². The van der Waals surface area contributed by atoms with Gasteiger partial charge in [-0.3, -0.25) is 4.79 Å². The molecule has 1 amide bonds. The van der Waals surface area contributed by atoms with Gasteiger partial charge in [-0.2, -0.15) is 0 Å². The molecule has 1 aromatic rings. The van der Waals surface area contributed by atoms with Crippen molar-refractivity contribution in [2.75, 3.05) is 13.1 Å². The Morgan fingerprint density at radius 1 is 1.32 bits per heavy atom. The topological polar surface area (TPSA) is 70.5 Å². The molecule has 1 aromatic heterocycles. The number of aromatic nitrogens is 1. The Morgan fingerprint density at radius 3 is 2.68 bits per heavy atom. The molecule has 0 saturated heterocycles. The van der Waals surface area contributed by atoms with Crippen LogP contribution in [-0.2, 0) is 0 Å². The predicted octanol–water partition coefficient (Wildman–Crippen LogP) is 3.21. The van der Waals surface area contributed by atoms with Gasteiger partial charge in [0.05, 0.1) is 0 Å². The number of carbonyl (C=O) groups excluding carboxylic acids is 1. The molecule has 0 atom stereocenters. The Balaban J connectivity index is 2.11. The SMILES string of the molecule is CCCN(CC1CCCCC1)C(=O)c1ccnc(C(=O)O)c1. The van der Waals surface area contributed by atoms with E-state index in [1.165, 1.54) is 44.4 Å². The smallest absolute Gasteiger partial charge is 0.354 e. The number of hydrogen-bond donors (Lipinski definition) is 1. The molecule has 0 bridgehead atoms. The first kappa shape index (κ1) is 16.5. The van der Waals surface area contributed by atoms with Crippen molar-refractivity contribution in [3.63, 3.8) is 0 Å². The zero-order valence-electron chi connectivity index (χ0n) is 13.1. The molecule has 2 rings (SSSR count). The summed E-state index contributed by atoms with van der Waals surface area (Å²) >= 11 is 0. The number of carboxylic acid groups (broad SMARTS) is 1. The second kappa shape index (κ2) is 7.92. The van der Waals surface area contributed by atoms with E-state index >= 15 is 0 Å². The van der Waals surface area contributed by atoms with Crippen LogP contribution in [0.1, 0.15) is 66.3 Å². The number of nitrogens with zero attached hydrogens (tertiary/aromatic N) is 2. The van der Waals surface area contributed by atoms with E-state index in [1.54, 1.807) is 6.07 Å². The Hall–Kier alpha value is -1.91. The average Bonchev–Trinajstić information content (AvgIpc) is 2.55. The third kappa shape index (κ3) is 4.29. The summed E-state index contributed by atoms with van der Waals surface area (Å²) in [6, 6.07) is 2.96. The van der Waals surface area contributed by atoms with Gasteiger partial charge in [-0.15, -0.1) is 0 Å². The van der Waals surface area contributed by atoms with Crippen LogP contribution in [0.25, 0.3) is 0 Å². The van der Waals surface area contributed by atoms with Gasteiger partial charge in [-0.25, -0.2) is 9.78 Å². The molecule has 22 heavy (non-hydrogen) atoms. The highest BCUT2D eigenvalue weighted by Crippen LogP contribution is 2.25. The lowest BCUT2D eigenvalue weighted by molar-refractivity contribution is 0.0690. The summed E-state index contributed by atoms with van der Waals surface area (Å²) in [7, 11) is 0. The van der Waals surface area contributed by atoms with E-state index in [9.17, 15) is 9.59 Å². The van der Waals surface area contributed by atoms with E-state index in [1.807, 2.05) is 4.90 Å². The summed E-state index contributed by atoms with van der Waals surface area (Å²) in [6.45, 7) is 3.54. The van der Waals surface area contributed by atoms with E-state index in [-0.39, 0.29) is 11.6 Å². The average molecular weight is 304 g/mol. The van der Waals surface area contributed by atoms with Crippen molar-refractivity contribution in [2.24, 2.45) is 5.92 Å². The normalized spacial score (nSPS) is 15.5. The van der Waals surface area contributed by atoms with E-state index in [0.29, 0.717) is 18.0 Å². The molecule has 1 aliphatic carbocycles. The third-order valence-electron chi connectivity index (χ3n) is 4.21. The molecule has 0 aromatic carbocycles. The zero-order valence-corrected chi connectivity index (χ0v) is 13.1. The molecule has 0 radical (unpaired) electrons. The maximum Gasteiger partial charge on any atom is 0.354 e. The van der Waals surface area contributed by atoms with Crippen LogP contribution in [0.5, 0.6) is 0 Å². The minimum Gasteiger partial charge on any atom is -0.477 e. The number of hydrogen-bond acceptors (Lipinski definition) is 3. The lowest BCUT2D eigenvalue weighted by atomic mass is 9.89. The fourth-order valence-electron chi connectivity index (χ4n) is 3.09. The molecule has 1 saturated carbocycles. The molecule has 1 aliphatic rings. The summed E-state index contributed by atoms with van der Waals surface area (Å²) in [5, 5.41) is 9.01. The molecule has 1 N–H and O–H groups in total. The number of rotatable bonds is 6. The number of pyridine rings is 1. The van der Waals surface area contributed by atoms with Crippen molar-refractivity contribution < 1.29 is 14.7 Å². The van der Waals surface area contributed by atoms with Gasteiger partial charge in [0.2, 0.25) is 0 Å². The molecular weight excluding hydrogens is 280 g/mol. The van der Waals surface area contributed by atoms with Crippen LogP contribution in [0.3, 0.4) is 0 Å². The Kier molecular flexibility index (Phi) is 5.92. The van der Waals surface area contributed by atoms with Crippen molar-refractivity contribution in [2.45, 2.75) is 45.4 Å². The molecule has 5 nitrogen and oxygen atoms in total. The first-order valence-electron chi connectivity index (χ1n) is 8.10. The summed E-state index contributed by atoms with van der Waals surface area (Å²) in [5.41, 5.74) is 0.330. The molecule has 120 valence electrons. The highest BCUT2D eigenvalue weighted by molar-refractivity contribution is 5.96. The van der Waals surface area contributed by atoms with Gasteiger partial charge < -0.3 is 10.0 Å². The van der Waals surface area contributed by atoms with Crippen LogP contribution in [0.4, 0.5) is 0 Å². The van der Waals surface area contributed by atoms with Gasteiger partial charge in [0.1, 0.15) is 5.69 Å². The molecular formula is C17H24N2O3. The monoisotopic (exact) mass is 304 g/mol. The van der Waals surface area contributed by atoms with Crippen molar-refractivity contribution in [1.29, 1.82) is 0 Å². The lowest BCUT2D eigenvalue weighted by Gasteiger charge is -2.29. The van der Waals surface area contributed by atoms with Gasteiger partial charge in [-0.1, -0.05) is 26.2 Å². The molecule has 0 spiro atoms.